The summed E-state index contributed by atoms with van der Waals surface area (Å²) in [5.74, 6) is 4.30. The van der Waals surface area contributed by atoms with E-state index in [9.17, 15) is 4.79 Å². The highest BCUT2D eigenvalue weighted by Crippen LogP contribution is 2.76. The van der Waals surface area contributed by atoms with Crippen LogP contribution in [0.5, 0.6) is 0 Å². The molecule has 0 bridgehead atoms. The number of carbonyl (C=O) groups is 1. The number of ketones is 1. The van der Waals surface area contributed by atoms with E-state index in [1.807, 2.05) is 0 Å². The van der Waals surface area contributed by atoms with E-state index in [1.54, 1.807) is 0 Å². The topological polar surface area (TPSA) is 17.1 Å². The second-order valence-corrected chi connectivity index (χ2v) is 6.47. The molecule has 3 rings (SSSR count). The van der Waals surface area contributed by atoms with E-state index >= 15 is 0 Å². The lowest BCUT2D eigenvalue weighted by Crippen LogP contribution is -2.27. The molecule has 84 valence electrons. The van der Waals surface area contributed by atoms with Crippen molar-refractivity contribution in [2.45, 2.75) is 46.5 Å². The zero-order valence-corrected chi connectivity index (χ0v) is 10.1. The van der Waals surface area contributed by atoms with Gasteiger partial charge in [0.15, 0.2) is 0 Å². The molecule has 3 saturated carbocycles. The van der Waals surface area contributed by atoms with E-state index in [2.05, 4.69) is 20.8 Å². The summed E-state index contributed by atoms with van der Waals surface area (Å²) in [7, 11) is 0. The molecule has 0 aliphatic heterocycles. The summed E-state index contributed by atoms with van der Waals surface area (Å²) < 4.78 is 0. The highest BCUT2D eigenvalue weighted by Gasteiger charge is 2.75. The maximum Gasteiger partial charge on any atom is 0.136 e. The molecule has 15 heavy (non-hydrogen) atoms. The number of fused-ring (bicyclic) bond motifs is 1. The van der Waals surface area contributed by atoms with Crippen molar-refractivity contribution in [1.29, 1.82) is 0 Å². The SMILES string of the molecule is CC(C)C1CC[C@@H](C)C23CCC(=O)[C@@H]2C13. The molecule has 0 aromatic heterocycles. The minimum atomic E-state index is 0.488. The summed E-state index contributed by atoms with van der Waals surface area (Å²) in [6, 6.07) is 0. The Kier molecular flexibility index (Phi) is 1.88. The van der Waals surface area contributed by atoms with Crippen LogP contribution in [0, 0.1) is 35.0 Å². The van der Waals surface area contributed by atoms with Crippen LogP contribution in [0.1, 0.15) is 46.5 Å². The molecular formula is C14H22O. The number of hydrogen-bond donors (Lipinski definition) is 0. The first-order valence-corrected chi connectivity index (χ1v) is 6.61. The maximum absolute atomic E-state index is 11.9. The van der Waals surface area contributed by atoms with Crippen molar-refractivity contribution in [2.24, 2.45) is 35.0 Å². The van der Waals surface area contributed by atoms with Crippen LogP contribution in [-0.4, -0.2) is 5.78 Å². The Morgan fingerprint density at radius 1 is 1.33 bits per heavy atom. The molecule has 0 heterocycles. The fourth-order valence-electron chi connectivity index (χ4n) is 4.97. The molecule has 3 aliphatic carbocycles. The molecule has 3 fully saturated rings. The van der Waals surface area contributed by atoms with E-state index in [0.29, 0.717) is 17.1 Å². The smallest absolute Gasteiger partial charge is 0.136 e. The molecular weight excluding hydrogens is 184 g/mol. The van der Waals surface area contributed by atoms with Crippen LogP contribution >= 0.6 is 0 Å². The van der Waals surface area contributed by atoms with Gasteiger partial charge < -0.3 is 0 Å². The first-order valence-electron chi connectivity index (χ1n) is 6.61. The molecule has 3 unspecified atom stereocenters. The van der Waals surface area contributed by atoms with Gasteiger partial charge in [0, 0.05) is 12.3 Å². The van der Waals surface area contributed by atoms with Gasteiger partial charge in [0.05, 0.1) is 0 Å². The monoisotopic (exact) mass is 206 g/mol. The van der Waals surface area contributed by atoms with E-state index in [0.717, 1.165) is 30.1 Å². The van der Waals surface area contributed by atoms with Crippen molar-refractivity contribution >= 4 is 5.78 Å². The summed E-state index contributed by atoms with van der Waals surface area (Å²) in [6.45, 7) is 7.07. The molecule has 3 aliphatic rings. The van der Waals surface area contributed by atoms with Crippen molar-refractivity contribution in [2.75, 3.05) is 0 Å². The normalized spacial score (nSPS) is 52.9. The Bertz CT molecular complexity index is 306. The van der Waals surface area contributed by atoms with Crippen LogP contribution in [0.15, 0.2) is 0 Å². The number of hydrogen-bond acceptors (Lipinski definition) is 1. The van der Waals surface area contributed by atoms with Crippen LogP contribution < -0.4 is 0 Å². The van der Waals surface area contributed by atoms with Gasteiger partial charge in [-0.3, -0.25) is 4.79 Å². The largest absolute Gasteiger partial charge is 0.299 e. The second-order valence-electron chi connectivity index (χ2n) is 6.47. The minimum Gasteiger partial charge on any atom is -0.299 e. The van der Waals surface area contributed by atoms with Crippen LogP contribution in [0.3, 0.4) is 0 Å². The third-order valence-electron chi connectivity index (χ3n) is 5.77. The fourth-order valence-corrected chi connectivity index (χ4v) is 4.97. The Hall–Kier alpha value is -0.330. The Balaban J connectivity index is 1.91. The molecule has 0 amide bonds. The van der Waals surface area contributed by atoms with Gasteiger partial charge >= 0.3 is 0 Å². The van der Waals surface area contributed by atoms with Gasteiger partial charge in [0.25, 0.3) is 0 Å². The predicted octanol–water partition coefficient (Wildman–Crippen LogP) is 3.28. The summed E-state index contributed by atoms with van der Waals surface area (Å²) in [6.07, 6.45) is 4.83. The third kappa shape index (κ3) is 1.02. The molecule has 1 heteroatoms. The molecule has 0 saturated heterocycles. The average molecular weight is 206 g/mol. The maximum atomic E-state index is 11.9. The molecule has 1 spiro atoms. The molecule has 0 aromatic rings. The molecule has 0 N–H and O–H groups in total. The van der Waals surface area contributed by atoms with Crippen LogP contribution in [-0.2, 0) is 4.79 Å². The summed E-state index contributed by atoms with van der Waals surface area (Å²) >= 11 is 0. The molecule has 0 radical (unpaired) electrons. The van der Waals surface area contributed by atoms with Gasteiger partial charge in [0.1, 0.15) is 5.78 Å². The van der Waals surface area contributed by atoms with Crippen LogP contribution in [0.2, 0.25) is 0 Å². The summed E-state index contributed by atoms with van der Waals surface area (Å²) in [4.78, 5) is 11.9. The Labute approximate surface area is 92.6 Å². The van der Waals surface area contributed by atoms with E-state index in [1.165, 1.54) is 19.3 Å². The van der Waals surface area contributed by atoms with Crippen LogP contribution in [0.4, 0.5) is 0 Å². The van der Waals surface area contributed by atoms with E-state index in [-0.39, 0.29) is 0 Å². The summed E-state index contributed by atoms with van der Waals surface area (Å²) in [5, 5.41) is 0. The minimum absolute atomic E-state index is 0.488. The second kappa shape index (κ2) is 2.87. The third-order valence-corrected chi connectivity index (χ3v) is 5.77. The Morgan fingerprint density at radius 3 is 2.73 bits per heavy atom. The molecule has 1 nitrogen and oxygen atoms in total. The van der Waals surface area contributed by atoms with Gasteiger partial charge in [0.2, 0.25) is 0 Å². The van der Waals surface area contributed by atoms with Gasteiger partial charge in [-0.05, 0) is 48.3 Å². The van der Waals surface area contributed by atoms with Crippen molar-refractivity contribution in [1.82, 2.24) is 0 Å². The van der Waals surface area contributed by atoms with Gasteiger partial charge in [-0.25, -0.2) is 0 Å². The van der Waals surface area contributed by atoms with E-state index in [4.69, 9.17) is 0 Å². The lowest BCUT2D eigenvalue weighted by atomic mass is 9.70. The highest BCUT2D eigenvalue weighted by atomic mass is 16.1. The number of carbonyl (C=O) groups excluding carboxylic acids is 1. The van der Waals surface area contributed by atoms with Crippen molar-refractivity contribution < 1.29 is 4.79 Å². The first-order chi connectivity index (χ1) is 7.09. The van der Waals surface area contributed by atoms with Crippen molar-refractivity contribution in [3.63, 3.8) is 0 Å². The number of Topliss-reactive ketones (excluding diaryl/α,β-unsaturated/α-hetero) is 1. The lowest BCUT2D eigenvalue weighted by Gasteiger charge is -2.35. The fraction of sp³-hybridized carbons (Fsp3) is 0.929. The standard InChI is InChI=1S/C14H22O/c1-8(2)10-5-4-9(3)14-7-6-11(15)13(14)12(10)14/h8-10,12-13H,4-7H2,1-3H3/t9-,10?,12?,13-,14?/m1/s1. The predicted molar refractivity (Wildman–Crippen MR) is 60.4 cm³/mol. The quantitative estimate of drug-likeness (QED) is 0.643. The lowest BCUT2D eigenvalue weighted by molar-refractivity contribution is -0.119. The first kappa shape index (κ1) is 9.86. The zero-order valence-electron chi connectivity index (χ0n) is 10.1. The molecule has 0 aromatic carbocycles. The number of rotatable bonds is 1. The van der Waals surface area contributed by atoms with E-state index < -0.39 is 0 Å². The average Bonchev–Trinajstić information content (AvgIpc) is 2.75. The van der Waals surface area contributed by atoms with Crippen LogP contribution in [0.25, 0.3) is 0 Å². The Morgan fingerprint density at radius 2 is 2.07 bits per heavy atom. The summed E-state index contributed by atoms with van der Waals surface area (Å²) in [5.41, 5.74) is 0.490. The highest BCUT2D eigenvalue weighted by molar-refractivity contribution is 5.88. The van der Waals surface area contributed by atoms with Gasteiger partial charge in [-0.15, -0.1) is 0 Å². The van der Waals surface area contributed by atoms with Gasteiger partial charge in [-0.2, -0.15) is 0 Å². The van der Waals surface area contributed by atoms with Crippen molar-refractivity contribution in [3.8, 4) is 0 Å². The zero-order chi connectivity index (χ0) is 10.8. The van der Waals surface area contributed by atoms with Gasteiger partial charge in [-0.1, -0.05) is 20.8 Å². The molecule has 5 atom stereocenters. The van der Waals surface area contributed by atoms with Crippen molar-refractivity contribution in [3.05, 3.63) is 0 Å².